The second kappa shape index (κ2) is 5.27. The highest BCUT2D eigenvalue weighted by Crippen LogP contribution is 2.31. The lowest BCUT2D eigenvalue weighted by Crippen LogP contribution is -2.19. The molecule has 0 saturated heterocycles. The van der Waals surface area contributed by atoms with E-state index in [9.17, 15) is 9.36 Å². The van der Waals surface area contributed by atoms with Gasteiger partial charge in [-0.1, -0.05) is 0 Å². The summed E-state index contributed by atoms with van der Waals surface area (Å²) in [4.78, 5) is 27.0. The number of nitrogens with two attached hydrogens (primary N) is 1. The average Bonchev–Trinajstić information content (AvgIpc) is 1.83. The Balaban J connectivity index is 3.23. The second-order valence-electron chi connectivity index (χ2n) is 2.39. The van der Waals surface area contributed by atoms with Crippen LogP contribution in [0.25, 0.3) is 0 Å². The summed E-state index contributed by atoms with van der Waals surface area (Å²) in [5, 5.41) is 2.51. The van der Waals surface area contributed by atoms with Crippen molar-refractivity contribution >= 4 is 13.5 Å². The zero-order valence-corrected chi connectivity index (χ0v) is 7.46. The molecule has 0 aromatic heterocycles. The van der Waals surface area contributed by atoms with Crippen LogP contribution in [-0.4, -0.2) is 28.5 Å². The van der Waals surface area contributed by atoms with E-state index in [4.69, 9.17) is 15.5 Å². The first-order valence-electron chi connectivity index (χ1n) is 3.45. The molecule has 0 aliphatic rings. The normalized spacial score (nSPS) is 11.5. The van der Waals surface area contributed by atoms with Crippen LogP contribution in [0.1, 0.15) is 12.8 Å². The molecule has 0 unspecified atom stereocenters. The summed E-state index contributed by atoms with van der Waals surface area (Å²) < 4.78 is 10.3. The van der Waals surface area contributed by atoms with E-state index in [1.807, 2.05) is 0 Å². The Labute approximate surface area is 70.3 Å². The number of amides is 1. The van der Waals surface area contributed by atoms with E-state index in [1.54, 1.807) is 0 Å². The molecule has 5 N–H and O–H groups in total. The third-order valence-electron chi connectivity index (χ3n) is 1.09. The highest BCUT2D eigenvalue weighted by molar-refractivity contribution is 7.51. The maximum atomic E-state index is 10.3. The number of hydrogen-bond acceptors (Lipinski definition) is 3. The van der Waals surface area contributed by atoms with Crippen molar-refractivity contribution in [3.63, 3.8) is 0 Å². The maximum Gasteiger partial charge on any atom is 0.339 e. The van der Waals surface area contributed by atoms with Crippen LogP contribution >= 0.6 is 7.60 Å². The molecule has 72 valence electrons. The summed E-state index contributed by atoms with van der Waals surface area (Å²) >= 11 is 0. The monoisotopic (exact) mass is 196 g/mol. The standard InChI is InChI=1S/C5H13N2O4P/c6-5(8)2-1-3-7-4-12(9,10)11/h7H,1-4H2,(H2,6,8)(H2,9,10,11). The molecule has 6 nitrogen and oxygen atoms in total. The van der Waals surface area contributed by atoms with Crippen molar-refractivity contribution in [2.24, 2.45) is 5.73 Å². The fourth-order valence-corrected chi connectivity index (χ4v) is 1.06. The van der Waals surface area contributed by atoms with Crippen LogP contribution in [0, 0.1) is 0 Å². The summed E-state index contributed by atoms with van der Waals surface area (Å²) in [6.07, 6.45) is 0.370. The van der Waals surface area contributed by atoms with Gasteiger partial charge in [0.1, 0.15) is 0 Å². The molecule has 1 amide bonds. The number of carbonyl (C=O) groups excluding carboxylic acids is 1. The van der Waals surface area contributed by atoms with Gasteiger partial charge in [0.05, 0.1) is 6.29 Å². The number of primary amides is 1. The van der Waals surface area contributed by atoms with Gasteiger partial charge in [-0.2, -0.15) is 0 Å². The molecule has 0 bridgehead atoms. The third kappa shape index (κ3) is 9.58. The van der Waals surface area contributed by atoms with E-state index in [0.29, 0.717) is 13.0 Å². The topological polar surface area (TPSA) is 113 Å². The van der Waals surface area contributed by atoms with Crippen LogP contribution in [-0.2, 0) is 9.36 Å². The maximum absolute atomic E-state index is 10.3. The number of carbonyl (C=O) groups is 1. The first-order chi connectivity index (χ1) is 5.42. The van der Waals surface area contributed by atoms with Crippen LogP contribution < -0.4 is 11.1 Å². The number of hydrogen-bond donors (Lipinski definition) is 4. The first-order valence-corrected chi connectivity index (χ1v) is 5.25. The molecule has 0 spiro atoms. The summed E-state index contributed by atoms with van der Waals surface area (Å²) in [5.74, 6) is -0.409. The quantitative estimate of drug-likeness (QED) is 0.320. The highest BCUT2D eigenvalue weighted by Gasteiger charge is 2.10. The predicted octanol–water partition coefficient (Wildman–Crippen LogP) is -1.02. The predicted molar refractivity (Wildman–Crippen MR) is 43.3 cm³/mol. The Morgan fingerprint density at radius 3 is 2.50 bits per heavy atom. The fraction of sp³-hybridized carbons (Fsp3) is 0.800. The van der Waals surface area contributed by atoms with Gasteiger partial charge in [-0.15, -0.1) is 0 Å². The SMILES string of the molecule is NC(=O)CCCNCP(=O)(O)O. The Morgan fingerprint density at radius 1 is 1.50 bits per heavy atom. The van der Waals surface area contributed by atoms with Gasteiger partial charge in [0.25, 0.3) is 0 Å². The van der Waals surface area contributed by atoms with E-state index in [-0.39, 0.29) is 12.7 Å². The van der Waals surface area contributed by atoms with Gasteiger partial charge in [-0.05, 0) is 13.0 Å². The molecule has 0 aliphatic heterocycles. The molecule has 7 heteroatoms. The summed E-state index contributed by atoms with van der Waals surface area (Å²) in [6, 6.07) is 0. The lowest BCUT2D eigenvalue weighted by atomic mass is 10.3. The van der Waals surface area contributed by atoms with Crippen LogP contribution in [0.3, 0.4) is 0 Å². The van der Waals surface area contributed by atoms with Crippen molar-refractivity contribution in [2.45, 2.75) is 12.8 Å². The minimum atomic E-state index is -3.96. The van der Waals surface area contributed by atoms with Crippen molar-refractivity contribution in [3.8, 4) is 0 Å². The molecule has 0 radical (unpaired) electrons. The second-order valence-corrected chi connectivity index (χ2v) is 4.04. The van der Waals surface area contributed by atoms with Crippen molar-refractivity contribution < 1.29 is 19.1 Å². The lowest BCUT2D eigenvalue weighted by molar-refractivity contribution is -0.118. The Morgan fingerprint density at radius 2 is 2.08 bits per heavy atom. The smallest absolute Gasteiger partial charge is 0.339 e. The van der Waals surface area contributed by atoms with Gasteiger partial charge in [-0.3, -0.25) is 9.36 Å². The zero-order valence-electron chi connectivity index (χ0n) is 6.56. The van der Waals surface area contributed by atoms with Gasteiger partial charge >= 0.3 is 7.60 Å². The Hall–Kier alpha value is -0.420. The van der Waals surface area contributed by atoms with E-state index in [0.717, 1.165) is 0 Å². The fourth-order valence-electron chi connectivity index (χ4n) is 0.612. The molecule has 0 fully saturated rings. The lowest BCUT2D eigenvalue weighted by Gasteiger charge is -2.04. The zero-order chi connectivity index (χ0) is 9.61. The molecule has 0 aliphatic carbocycles. The van der Waals surface area contributed by atoms with Gasteiger partial charge in [0.15, 0.2) is 0 Å². The van der Waals surface area contributed by atoms with Crippen LogP contribution in [0.5, 0.6) is 0 Å². The first kappa shape index (κ1) is 11.6. The average molecular weight is 196 g/mol. The van der Waals surface area contributed by atoms with E-state index in [2.05, 4.69) is 5.32 Å². The van der Waals surface area contributed by atoms with Crippen LogP contribution in [0.4, 0.5) is 0 Å². The largest absolute Gasteiger partial charge is 0.370 e. The minimum absolute atomic E-state index is 0.230. The molecule has 0 rings (SSSR count). The van der Waals surface area contributed by atoms with E-state index < -0.39 is 13.5 Å². The van der Waals surface area contributed by atoms with Crippen LogP contribution in [0.15, 0.2) is 0 Å². The summed E-state index contributed by atoms with van der Waals surface area (Å²) in [7, 11) is -3.96. The molecule has 0 atom stereocenters. The Kier molecular flexibility index (Phi) is 5.08. The van der Waals surface area contributed by atoms with Crippen molar-refractivity contribution in [3.05, 3.63) is 0 Å². The van der Waals surface area contributed by atoms with Crippen molar-refractivity contribution in [1.82, 2.24) is 5.32 Å². The minimum Gasteiger partial charge on any atom is -0.370 e. The molecular formula is C5H13N2O4P. The molecule has 12 heavy (non-hydrogen) atoms. The van der Waals surface area contributed by atoms with Crippen molar-refractivity contribution in [1.29, 1.82) is 0 Å². The molecule has 0 saturated carbocycles. The Bertz CT molecular complexity index is 190. The molecule has 0 aromatic carbocycles. The van der Waals surface area contributed by atoms with Crippen LogP contribution in [0.2, 0.25) is 0 Å². The van der Waals surface area contributed by atoms with Crippen molar-refractivity contribution in [2.75, 3.05) is 12.8 Å². The van der Waals surface area contributed by atoms with Gasteiger partial charge in [0.2, 0.25) is 5.91 Å². The number of nitrogens with one attached hydrogen (secondary N) is 1. The summed E-state index contributed by atoms with van der Waals surface area (Å²) in [5.41, 5.74) is 4.84. The van der Waals surface area contributed by atoms with Gasteiger partial charge < -0.3 is 20.8 Å². The molecular weight excluding hydrogens is 183 g/mol. The van der Waals surface area contributed by atoms with Gasteiger partial charge in [0, 0.05) is 6.42 Å². The third-order valence-corrected chi connectivity index (χ3v) is 1.73. The molecule has 0 aromatic rings. The molecule has 0 heterocycles. The number of rotatable bonds is 6. The van der Waals surface area contributed by atoms with Gasteiger partial charge in [-0.25, -0.2) is 0 Å². The van der Waals surface area contributed by atoms with E-state index >= 15 is 0 Å². The highest BCUT2D eigenvalue weighted by atomic mass is 31.2. The van der Waals surface area contributed by atoms with E-state index in [1.165, 1.54) is 0 Å². The summed E-state index contributed by atoms with van der Waals surface area (Å²) in [6.45, 7) is 0.383.